The topological polar surface area (TPSA) is 44.7 Å². The monoisotopic (exact) mass is 920 g/mol. The molecule has 0 bridgehead atoms. The molecule has 0 N–H and O–H groups in total. The summed E-state index contributed by atoms with van der Waals surface area (Å²) in [6.45, 7) is 8.63. The Kier molecular flexibility index (Phi) is 12.7. The summed E-state index contributed by atoms with van der Waals surface area (Å²) in [5, 5.41) is 9.38. The Morgan fingerprint density at radius 3 is 1.30 bits per heavy atom. The van der Waals surface area contributed by atoms with Crippen LogP contribution in [0.1, 0.15) is 11.1 Å². The first-order valence-electron chi connectivity index (χ1n) is 19.7. The second kappa shape index (κ2) is 18.3. The maximum atomic E-state index is 5.93. The molecule has 8 heteroatoms. The zero-order valence-electron chi connectivity index (χ0n) is 34.4. The van der Waals surface area contributed by atoms with Crippen molar-refractivity contribution < 1.29 is 36.3 Å². The molecule has 0 aliphatic heterocycles. The number of hydrogen-bond donors (Lipinski definition) is 0. The Bertz CT molecular complexity index is 2940. The van der Waals surface area contributed by atoms with Crippen LogP contribution in [0.25, 0.3) is 88.0 Å². The van der Waals surface area contributed by atoms with Gasteiger partial charge in [0.25, 0.3) is 0 Å². The van der Waals surface area contributed by atoms with Gasteiger partial charge in [-0.3, -0.25) is 0 Å². The third-order valence-corrected chi connectivity index (χ3v) is 30.6. The average molecular weight is 923 g/mol. The van der Waals surface area contributed by atoms with E-state index in [-0.39, 0.29) is 5.43 Å². The van der Waals surface area contributed by atoms with E-state index in [1.807, 2.05) is 48.9 Å². The van der Waals surface area contributed by atoms with Crippen LogP contribution in [0.3, 0.4) is 0 Å². The molecule has 300 valence electrons. The molecule has 0 unspecified atom stereocenters. The van der Waals surface area contributed by atoms with Crippen molar-refractivity contribution in [2.45, 2.75) is 26.9 Å². The number of rotatable bonds is 6. The van der Waals surface area contributed by atoms with E-state index in [1.165, 1.54) is 43.8 Å². The van der Waals surface area contributed by atoms with Gasteiger partial charge in [0.2, 0.25) is 0 Å². The molecular formula is C52H44Cl2O4SiZr-2. The molecule has 10 rings (SSSR count). The molecule has 0 saturated carbocycles. The fraction of sp³-hybridized carbons (Fsp3) is 0.115. The van der Waals surface area contributed by atoms with E-state index < -0.39 is 18.0 Å². The van der Waals surface area contributed by atoms with E-state index in [0.29, 0.717) is 0 Å². The van der Waals surface area contributed by atoms with Gasteiger partial charge in [-0.2, -0.15) is 0 Å². The second-order valence-corrected chi connectivity index (χ2v) is 38.0. The summed E-state index contributed by atoms with van der Waals surface area (Å²) in [5.74, 6) is 3.62. The summed E-state index contributed by atoms with van der Waals surface area (Å²) in [5.41, 5.74) is 9.11. The molecule has 0 radical (unpaired) electrons. The van der Waals surface area contributed by atoms with Crippen molar-refractivity contribution in [3.05, 3.63) is 169 Å². The van der Waals surface area contributed by atoms with Crippen LogP contribution in [-0.4, -0.2) is 19.7 Å². The minimum absolute atomic E-state index is 0.224. The van der Waals surface area contributed by atoms with Crippen molar-refractivity contribution >= 4 is 65.5 Å². The Balaban J connectivity index is 0.000000147. The van der Waals surface area contributed by atoms with Crippen molar-refractivity contribution in [2.24, 2.45) is 0 Å². The number of ether oxygens (including phenoxy) is 2. The number of halogens is 2. The van der Waals surface area contributed by atoms with Crippen LogP contribution in [0.5, 0.6) is 11.5 Å². The fourth-order valence-electron chi connectivity index (χ4n) is 7.89. The molecule has 60 heavy (non-hydrogen) atoms. The zero-order valence-corrected chi connectivity index (χ0v) is 39.4. The van der Waals surface area contributed by atoms with Crippen molar-refractivity contribution in [1.29, 1.82) is 0 Å². The molecule has 10 aromatic rings. The van der Waals surface area contributed by atoms with E-state index in [4.69, 9.17) is 35.3 Å². The van der Waals surface area contributed by atoms with Crippen LogP contribution in [0, 0.1) is 13.8 Å². The van der Waals surface area contributed by atoms with Crippen molar-refractivity contribution in [2.75, 3.05) is 14.2 Å². The summed E-state index contributed by atoms with van der Waals surface area (Å²) < 4.78 is 23.1. The number of aryl methyl sites for hydroxylation is 2. The van der Waals surface area contributed by atoms with E-state index in [2.05, 4.69) is 136 Å². The number of fused-ring (bicyclic) bond motifs is 4. The summed E-state index contributed by atoms with van der Waals surface area (Å²) in [4.78, 5) is 0. The van der Waals surface area contributed by atoms with Gasteiger partial charge in [-0.25, -0.2) is 0 Å². The predicted molar refractivity (Wildman–Crippen MR) is 252 cm³/mol. The zero-order chi connectivity index (χ0) is 41.9. The van der Waals surface area contributed by atoms with Gasteiger partial charge in [-0.1, -0.05) is 119 Å². The van der Waals surface area contributed by atoms with Gasteiger partial charge >= 0.3 is 53.5 Å². The molecule has 0 atom stereocenters. The molecule has 0 fully saturated rings. The van der Waals surface area contributed by atoms with Gasteiger partial charge in [0.1, 0.15) is 11.5 Å². The fourth-order valence-corrected chi connectivity index (χ4v) is 7.89. The first-order chi connectivity index (χ1) is 29.2. The molecule has 8 aromatic carbocycles. The Morgan fingerprint density at radius 2 is 0.900 bits per heavy atom. The summed E-state index contributed by atoms with van der Waals surface area (Å²) in [7, 11) is 14.7. The Morgan fingerprint density at radius 1 is 0.517 bits per heavy atom. The summed E-state index contributed by atoms with van der Waals surface area (Å²) in [6, 6.07) is 50.5. The van der Waals surface area contributed by atoms with Crippen LogP contribution in [-0.2, 0) is 18.0 Å². The molecule has 0 spiro atoms. The summed E-state index contributed by atoms with van der Waals surface area (Å²) >= 11 is -1.65. The number of para-hydroxylation sites is 2. The Labute approximate surface area is 365 Å². The molecule has 2 aromatic heterocycles. The number of hydrogen-bond acceptors (Lipinski definition) is 4. The number of furan rings is 2. The van der Waals surface area contributed by atoms with Gasteiger partial charge in [0, 0.05) is 21.9 Å². The molecule has 2 heterocycles. The molecule has 0 amide bonds. The van der Waals surface area contributed by atoms with Gasteiger partial charge in [0.05, 0.1) is 38.3 Å². The van der Waals surface area contributed by atoms with Crippen molar-refractivity contribution in [1.82, 2.24) is 0 Å². The molecule has 0 aliphatic carbocycles. The minimum atomic E-state index is -1.65. The Hall–Kier alpha value is -5.10. The van der Waals surface area contributed by atoms with E-state index >= 15 is 0 Å². The van der Waals surface area contributed by atoms with Crippen LogP contribution < -0.4 is 9.47 Å². The van der Waals surface area contributed by atoms with E-state index in [0.717, 1.165) is 66.8 Å². The number of benzene rings is 6. The van der Waals surface area contributed by atoms with Crippen molar-refractivity contribution in [3.8, 4) is 56.4 Å². The van der Waals surface area contributed by atoms with Gasteiger partial charge in [-0.05, 0) is 47.9 Å². The van der Waals surface area contributed by atoms with E-state index in [1.54, 1.807) is 14.2 Å². The van der Waals surface area contributed by atoms with Crippen molar-refractivity contribution in [3.63, 3.8) is 0 Å². The summed E-state index contributed by atoms with van der Waals surface area (Å²) in [6.07, 6.45) is 3.66. The van der Waals surface area contributed by atoms with Gasteiger partial charge in [0.15, 0.2) is 0 Å². The second-order valence-electron chi connectivity index (χ2n) is 15.0. The third-order valence-electron chi connectivity index (χ3n) is 10.9. The first kappa shape index (κ1) is 41.6. The molecule has 4 nitrogen and oxygen atoms in total. The molecular weight excluding hydrogens is 879 g/mol. The SMILES string of the molecule is COc1ccccc1-c1c(C)ccc2[cH-]c(-c3occ4ccccc34)cc12.COc1ccccc1-c1c(C)ccc2[cH-]c(-c3occ4ccccc34)cc12.C[Si](C)=[Zr]([Cl])[Cl]. The molecule has 0 aliphatic rings. The number of methoxy groups -OCH3 is 2. The first-order valence-corrected chi connectivity index (χ1v) is 32.3. The third kappa shape index (κ3) is 8.32. The van der Waals surface area contributed by atoms with Gasteiger partial charge in [-0.15, -0.1) is 57.9 Å². The van der Waals surface area contributed by atoms with Crippen LogP contribution in [0.4, 0.5) is 0 Å². The predicted octanol–water partition coefficient (Wildman–Crippen LogP) is 16.1. The quantitative estimate of drug-likeness (QED) is 0.123. The van der Waals surface area contributed by atoms with Crippen LogP contribution >= 0.6 is 17.0 Å². The maximum absolute atomic E-state index is 5.93. The van der Waals surface area contributed by atoms with E-state index in [9.17, 15) is 0 Å². The van der Waals surface area contributed by atoms with Gasteiger partial charge < -0.3 is 18.3 Å². The standard InChI is InChI=1S/2C25H19O2.C2H6Si.2ClH.Zr/c2*1-16-11-12-17-13-19(25-20-8-4-3-7-18(20)15-27-25)14-22(17)24(16)21-9-5-6-10-23(21)26-2;1-3-2;;;/h2*3-15H,1-2H3;1-2H3;2*1H;/q2*-1;;;;+2/p-2. The molecule has 0 saturated heterocycles. The van der Waals surface area contributed by atoms with Crippen LogP contribution in [0.15, 0.2) is 167 Å². The van der Waals surface area contributed by atoms with Crippen LogP contribution in [0.2, 0.25) is 13.1 Å². The normalized spacial score (nSPS) is 11.0. The average Bonchev–Trinajstić information content (AvgIpc) is 4.09.